The molecule has 2 aromatic carbocycles. The zero-order valence-corrected chi connectivity index (χ0v) is 15.6. The van der Waals surface area contributed by atoms with Gasteiger partial charge in [0.1, 0.15) is 0 Å². The van der Waals surface area contributed by atoms with Crippen LogP contribution in [0, 0.1) is 0 Å². The fourth-order valence-electron chi connectivity index (χ4n) is 3.55. The van der Waals surface area contributed by atoms with Crippen LogP contribution in [-0.2, 0) is 0 Å². The van der Waals surface area contributed by atoms with Gasteiger partial charge in [0.2, 0.25) is 0 Å². The number of nitrogens with zero attached hydrogens (tertiary/aromatic N) is 3. The molecule has 5 rings (SSSR count). The van der Waals surface area contributed by atoms with E-state index >= 15 is 0 Å². The summed E-state index contributed by atoms with van der Waals surface area (Å²) in [6.45, 7) is 0. The molecule has 0 atom stereocenters. The summed E-state index contributed by atoms with van der Waals surface area (Å²) in [7, 11) is 0. The smallest absolute Gasteiger partial charge is 0.251 e. The van der Waals surface area contributed by atoms with E-state index < -0.39 is 5.91 Å². The molecule has 2 N–H and O–H groups in total. The van der Waals surface area contributed by atoms with Gasteiger partial charge in [0.25, 0.3) is 5.91 Å². The molecule has 27 heavy (non-hydrogen) atoms. The Labute approximate surface area is 163 Å². The third-order valence-electron chi connectivity index (χ3n) is 4.71. The number of nitrogens with two attached hydrogens (primary N) is 1. The number of carbonyl (C=O) groups is 1. The van der Waals surface area contributed by atoms with Gasteiger partial charge in [-0.3, -0.25) is 4.79 Å². The number of halogens is 1. The van der Waals surface area contributed by atoms with Crippen LogP contribution >= 0.6 is 15.9 Å². The van der Waals surface area contributed by atoms with Crippen LogP contribution in [0.25, 0.3) is 16.6 Å². The number of carbonyl (C=O) groups excluding carboxylic acids is 1. The molecule has 130 valence electrons. The monoisotopic (exact) mass is 416 g/mol. The van der Waals surface area contributed by atoms with Crippen molar-refractivity contribution in [2.24, 2.45) is 10.7 Å². The summed E-state index contributed by atoms with van der Waals surface area (Å²) in [5, 5.41) is 4.38. The van der Waals surface area contributed by atoms with Crippen molar-refractivity contribution in [1.82, 2.24) is 9.61 Å². The first-order valence-electron chi connectivity index (χ1n) is 8.38. The summed E-state index contributed by atoms with van der Waals surface area (Å²) in [4.78, 5) is 17.1. The summed E-state index contributed by atoms with van der Waals surface area (Å²) < 4.78 is 2.74. The Kier molecular flexibility index (Phi) is 3.48. The van der Waals surface area contributed by atoms with Gasteiger partial charge in [0.15, 0.2) is 0 Å². The first-order chi connectivity index (χ1) is 13.1. The molecule has 0 radical (unpaired) electrons. The van der Waals surface area contributed by atoms with E-state index in [0.717, 1.165) is 43.6 Å². The first kappa shape index (κ1) is 16.0. The summed E-state index contributed by atoms with van der Waals surface area (Å²) in [5.74, 6) is -0.507. The molecule has 0 unspecified atom stereocenters. The van der Waals surface area contributed by atoms with E-state index in [2.05, 4.69) is 21.0 Å². The molecule has 0 bridgehead atoms. The van der Waals surface area contributed by atoms with Crippen molar-refractivity contribution in [3.8, 4) is 11.1 Å². The van der Waals surface area contributed by atoms with Gasteiger partial charge in [-0.15, -0.1) is 0 Å². The predicted octanol–water partition coefficient (Wildman–Crippen LogP) is 4.35. The minimum absolute atomic E-state index is 0.389. The van der Waals surface area contributed by atoms with Crippen molar-refractivity contribution in [2.75, 3.05) is 0 Å². The highest BCUT2D eigenvalue weighted by Gasteiger charge is 2.25. The Morgan fingerprint density at radius 2 is 1.89 bits per heavy atom. The van der Waals surface area contributed by atoms with Gasteiger partial charge < -0.3 is 5.73 Å². The fourth-order valence-corrected chi connectivity index (χ4v) is 3.95. The molecule has 6 heteroatoms. The molecule has 0 saturated heterocycles. The van der Waals surface area contributed by atoms with Crippen molar-refractivity contribution in [2.45, 2.75) is 0 Å². The molecule has 1 amide bonds. The van der Waals surface area contributed by atoms with Crippen LogP contribution in [0.5, 0.6) is 0 Å². The molecule has 0 aliphatic carbocycles. The number of fused-ring (bicyclic) bond motifs is 2. The van der Waals surface area contributed by atoms with Crippen LogP contribution in [-0.4, -0.2) is 21.2 Å². The van der Waals surface area contributed by atoms with E-state index in [-0.39, 0.29) is 0 Å². The fraction of sp³-hybridized carbons (Fsp3) is 0. The Morgan fingerprint density at radius 3 is 2.70 bits per heavy atom. The Bertz CT molecular complexity index is 1270. The van der Waals surface area contributed by atoms with E-state index in [1.54, 1.807) is 4.52 Å². The first-order valence-corrected chi connectivity index (χ1v) is 9.17. The van der Waals surface area contributed by atoms with Crippen LogP contribution in [0.1, 0.15) is 21.5 Å². The molecule has 3 heterocycles. The van der Waals surface area contributed by atoms with E-state index in [0.29, 0.717) is 5.56 Å². The summed E-state index contributed by atoms with van der Waals surface area (Å²) in [5.41, 5.74) is 12.0. The maximum Gasteiger partial charge on any atom is 0.251 e. The minimum atomic E-state index is -0.507. The lowest BCUT2D eigenvalue weighted by Gasteiger charge is -2.10. The molecule has 0 spiro atoms. The molecular formula is C21H13BrN4O. The third-order valence-corrected chi connectivity index (χ3v) is 5.20. The lowest BCUT2D eigenvalue weighted by atomic mass is 9.97. The van der Waals surface area contributed by atoms with Crippen molar-refractivity contribution in [3.05, 3.63) is 88.2 Å². The summed E-state index contributed by atoms with van der Waals surface area (Å²) >= 11 is 3.54. The van der Waals surface area contributed by atoms with Crippen molar-refractivity contribution in [3.63, 3.8) is 0 Å². The van der Waals surface area contributed by atoms with E-state index in [1.807, 2.05) is 60.8 Å². The van der Waals surface area contributed by atoms with Crippen molar-refractivity contribution in [1.29, 1.82) is 0 Å². The second-order valence-corrected chi connectivity index (χ2v) is 7.22. The van der Waals surface area contributed by atoms with Crippen LogP contribution in [0.3, 0.4) is 0 Å². The van der Waals surface area contributed by atoms with Gasteiger partial charge in [-0.1, -0.05) is 46.3 Å². The third kappa shape index (κ3) is 2.41. The van der Waals surface area contributed by atoms with Gasteiger partial charge in [-0.25, -0.2) is 9.51 Å². The Hall–Kier alpha value is -3.25. The van der Waals surface area contributed by atoms with Crippen LogP contribution in [0.4, 0.5) is 5.69 Å². The van der Waals surface area contributed by atoms with Gasteiger partial charge in [-0.2, -0.15) is 5.10 Å². The van der Waals surface area contributed by atoms with E-state index in [9.17, 15) is 4.79 Å². The van der Waals surface area contributed by atoms with Crippen LogP contribution in [0.2, 0.25) is 0 Å². The zero-order chi connectivity index (χ0) is 18.5. The van der Waals surface area contributed by atoms with Crippen molar-refractivity contribution >= 4 is 38.8 Å². The number of hydrogen-bond donors (Lipinski definition) is 1. The highest BCUT2D eigenvalue weighted by Crippen LogP contribution is 2.40. The standard InChI is InChI=1S/C21H13BrN4O/c22-13-5-3-4-12(10-13)19-15-8-9-26-20(15)18(16(11-24-26)21(23)27)14-6-1-2-7-17(14)25-19/h1-11H,(H2,23,27). The molecule has 1 aliphatic rings. The van der Waals surface area contributed by atoms with E-state index in [4.69, 9.17) is 10.7 Å². The number of hydrogen-bond acceptors (Lipinski definition) is 3. The maximum atomic E-state index is 12.1. The molecular weight excluding hydrogens is 404 g/mol. The SMILES string of the molecule is NC(=O)c1cnn2ccc3c2c1-c1ccccc1N=C3c1cccc(Br)c1. The summed E-state index contributed by atoms with van der Waals surface area (Å²) in [6, 6.07) is 17.8. The highest BCUT2D eigenvalue weighted by molar-refractivity contribution is 9.10. The number of benzene rings is 2. The van der Waals surface area contributed by atoms with Crippen LogP contribution in [0.15, 0.2) is 76.5 Å². The van der Waals surface area contributed by atoms with Gasteiger partial charge in [0, 0.05) is 32.9 Å². The maximum absolute atomic E-state index is 12.1. The molecule has 1 aliphatic heterocycles. The quantitative estimate of drug-likeness (QED) is 0.464. The number of rotatable bonds is 2. The molecule has 5 nitrogen and oxygen atoms in total. The average Bonchev–Trinajstić information content (AvgIpc) is 3.03. The van der Waals surface area contributed by atoms with Gasteiger partial charge in [0.05, 0.1) is 28.7 Å². The number of primary amides is 1. The van der Waals surface area contributed by atoms with Crippen molar-refractivity contribution < 1.29 is 4.79 Å². The Morgan fingerprint density at radius 1 is 1.04 bits per heavy atom. The zero-order valence-electron chi connectivity index (χ0n) is 14.1. The summed E-state index contributed by atoms with van der Waals surface area (Å²) in [6.07, 6.45) is 3.40. The number of amides is 1. The average molecular weight is 417 g/mol. The largest absolute Gasteiger partial charge is 0.366 e. The number of aliphatic imine (C=N–C) groups is 1. The van der Waals surface area contributed by atoms with Crippen LogP contribution < -0.4 is 5.73 Å². The number of para-hydroxylation sites is 1. The highest BCUT2D eigenvalue weighted by atomic mass is 79.9. The van der Waals surface area contributed by atoms with Gasteiger partial charge in [-0.05, 0) is 24.3 Å². The molecule has 2 aromatic heterocycles. The lowest BCUT2D eigenvalue weighted by molar-refractivity contribution is 0.100. The Balaban J connectivity index is 1.96. The minimum Gasteiger partial charge on any atom is -0.366 e. The van der Waals surface area contributed by atoms with E-state index in [1.165, 1.54) is 6.20 Å². The molecule has 4 aromatic rings. The molecule has 0 saturated carbocycles. The second-order valence-electron chi connectivity index (χ2n) is 6.31. The van der Waals surface area contributed by atoms with Gasteiger partial charge >= 0.3 is 0 Å². The predicted molar refractivity (Wildman–Crippen MR) is 109 cm³/mol. The second kappa shape index (κ2) is 5.89. The lowest BCUT2D eigenvalue weighted by Crippen LogP contribution is -2.14. The topological polar surface area (TPSA) is 72.8 Å². The number of aromatic nitrogens is 2. The molecule has 0 fully saturated rings. The normalized spacial score (nSPS) is 12.4.